The molecule has 1 heterocycles. The van der Waals surface area contributed by atoms with Crippen molar-refractivity contribution in [1.29, 1.82) is 0 Å². The summed E-state index contributed by atoms with van der Waals surface area (Å²) >= 11 is 0. The summed E-state index contributed by atoms with van der Waals surface area (Å²) in [6.45, 7) is 0. The molecule has 0 bridgehead atoms. The number of nitrogens with zero attached hydrogens (tertiary/aromatic N) is 2. The summed E-state index contributed by atoms with van der Waals surface area (Å²) in [5, 5.41) is 0. The molecule has 0 spiro atoms. The van der Waals surface area contributed by atoms with E-state index in [9.17, 15) is 0 Å². The van der Waals surface area contributed by atoms with Crippen molar-refractivity contribution in [3.05, 3.63) is 12.4 Å². The van der Waals surface area contributed by atoms with Gasteiger partial charge in [0.2, 0.25) is 0 Å². The van der Waals surface area contributed by atoms with Crippen LogP contribution in [0, 0.1) is 0 Å². The third kappa shape index (κ3) is 0.516. The zero-order valence-electron chi connectivity index (χ0n) is 3.20. The fourth-order valence-electron chi connectivity index (χ4n) is 0.253. The molecule has 0 aromatic carbocycles. The maximum Gasteiger partial charge on any atom is 0.312 e. The van der Waals surface area contributed by atoms with Gasteiger partial charge in [-0.1, -0.05) is 0 Å². The predicted molar refractivity (Wildman–Crippen MR) is 25.5 cm³/mol. The number of aliphatic imine (C=N–C) groups is 2. The highest BCUT2D eigenvalue weighted by molar-refractivity contribution is 6.15. The highest BCUT2D eigenvalue weighted by Crippen LogP contribution is 1.56. The lowest BCUT2D eigenvalue weighted by Gasteiger charge is -1.48. The summed E-state index contributed by atoms with van der Waals surface area (Å²) in [6.07, 6.45) is 6.56. The smallest absolute Gasteiger partial charge is 0.0672 e. The molecular weight excluding hydrogens is 76.1 g/mol. The fraction of sp³-hybridized carbons (Fsp3) is 0. The predicted octanol–water partition coefficient (Wildman–Crippen LogP) is -0.716. The van der Waals surface area contributed by atoms with Crippen LogP contribution in [0.3, 0.4) is 0 Å². The summed E-state index contributed by atoms with van der Waals surface area (Å²) in [7, 11) is 0. The molecule has 0 aromatic rings. The second-order valence-electron chi connectivity index (χ2n) is 0.894. The van der Waals surface area contributed by atoms with E-state index in [4.69, 9.17) is 0 Å². The van der Waals surface area contributed by atoms with Gasteiger partial charge >= 0.3 is 24.8 Å². The topological polar surface area (TPSA) is 28.2 Å². The van der Waals surface area contributed by atoms with Crippen LogP contribution in [0.5, 0.6) is 0 Å². The molecular formula is C4H4N2+2. The Kier molecular flexibility index (Phi) is 0.819. The summed E-state index contributed by atoms with van der Waals surface area (Å²) < 4.78 is 0. The first kappa shape index (κ1) is 3.28. The lowest BCUT2D eigenvalue weighted by atomic mass is 10.7. The van der Waals surface area contributed by atoms with Crippen LogP contribution < -0.4 is 9.98 Å². The molecule has 0 saturated heterocycles. The van der Waals surface area contributed by atoms with E-state index >= 15 is 0 Å². The van der Waals surface area contributed by atoms with Crippen molar-refractivity contribution in [2.45, 2.75) is 0 Å². The molecule has 0 amide bonds. The van der Waals surface area contributed by atoms with Crippen LogP contribution in [0.25, 0.3) is 0 Å². The Balaban J connectivity index is 2.77. The van der Waals surface area contributed by atoms with Crippen molar-refractivity contribution in [2.24, 2.45) is 0 Å². The Morgan fingerprint density at radius 2 is 1.33 bits per heavy atom. The molecule has 0 unspecified atom stereocenters. The van der Waals surface area contributed by atoms with Crippen molar-refractivity contribution in [1.82, 2.24) is 9.98 Å². The average Bonchev–Trinajstić information content (AvgIpc) is 1.72. The van der Waals surface area contributed by atoms with Crippen LogP contribution >= 0.6 is 0 Å². The van der Waals surface area contributed by atoms with Crippen LogP contribution in [0.1, 0.15) is 0 Å². The van der Waals surface area contributed by atoms with Crippen molar-refractivity contribution >= 4 is 12.4 Å². The normalized spacial score (nSPS) is 16.0. The zero-order chi connectivity index (χ0) is 4.24. The molecule has 0 aliphatic carbocycles. The van der Waals surface area contributed by atoms with E-state index in [0.717, 1.165) is 0 Å². The largest absolute Gasteiger partial charge is 0.312 e. The van der Waals surface area contributed by atoms with Gasteiger partial charge in [-0.2, -0.15) is 0 Å². The minimum Gasteiger partial charge on any atom is 0.0672 e. The molecule has 1 aliphatic rings. The van der Waals surface area contributed by atoms with Gasteiger partial charge < -0.3 is 0 Å². The van der Waals surface area contributed by atoms with Gasteiger partial charge in [-0.3, -0.25) is 0 Å². The number of hydrogen-bond acceptors (Lipinski definition) is 2. The van der Waals surface area contributed by atoms with E-state index in [1.54, 1.807) is 24.8 Å². The molecule has 1 rings (SSSR count). The monoisotopic (exact) mass is 80.0 g/mol. The van der Waals surface area contributed by atoms with Gasteiger partial charge in [-0.15, -0.1) is 0 Å². The zero-order valence-corrected chi connectivity index (χ0v) is 3.20. The highest BCUT2D eigenvalue weighted by Gasteiger charge is 1.95. The molecule has 0 atom stereocenters. The molecule has 2 radical (unpaired) electrons. The van der Waals surface area contributed by atoms with Crippen molar-refractivity contribution in [3.63, 3.8) is 0 Å². The summed E-state index contributed by atoms with van der Waals surface area (Å²) in [5.41, 5.74) is 0. The maximum atomic E-state index is 3.72. The molecule has 2 nitrogen and oxygen atoms in total. The van der Waals surface area contributed by atoms with E-state index in [2.05, 4.69) is 9.98 Å². The van der Waals surface area contributed by atoms with E-state index in [1.807, 2.05) is 0 Å². The average molecular weight is 80.1 g/mol. The van der Waals surface area contributed by atoms with Crippen molar-refractivity contribution in [3.8, 4) is 0 Å². The van der Waals surface area contributed by atoms with E-state index in [-0.39, 0.29) is 0 Å². The van der Waals surface area contributed by atoms with Crippen LogP contribution in [-0.2, 0) is 0 Å². The molecule has 28 valence electrons. The van der Waals surface area contributed by atoms with E-state index in [1.165, 1.54) is 0 Å². The summed E-state index contributed by atoms with van der Waals surface area (Å²) in [6, 6.07) is 0. The molecule has 6 heavy (non-hydrogen) atoms. The molecule has 1 aliphatic heterocycles. The molecule has 0 aromatic heterocycles. The van der Waals surface area contributed by atoms with Gasteiger partial charge in [0.1, 0.15) is 0 Å². The Bertz CT molecular complexity index is 74.9. The van der Waals surface area contributed by atoms with Gasteiger partial charge in [0, 0.05) is 0 Å². The Labute approximate surface area is 35.9 Å². The second-order valence-corrected chi connectivity index (χ2v) is 0.894. The minimum absolute atomic E-state index is 1.64. The molecule has 0 fully saturated rings. The van der Waals surface area contributed by atoms with Gasteiger partial charge in [-0.25, -0.2) is 0 Å². The van der Waals surface area contributed by atoms with Crippen LogP contribution in [-0.4, -0.2) is 12.4 Å². The molecule has 0 saturated carbocycles. The summed E-state index contributed by atoms with van der Waals surface area (Å²) in [5.74, 6) is 0. The third-order valence-corrected chi connectivity index (χ3v) is 0.478. The Hall–Kier alpha value is -0.920. The number of rotatable bonds is 0. The number of hydrogen-bond donors (Lipinski definition) is 0. The van der Waals surface area contributed by atoms with E-state index in [0.29, 0.717) is 0 Å². The fourth-order valence-corrected chi connectivity index (χ4v) is 0.253. The Morgan fingerprint density at radius 3 is 1.50 bits per heavy atom. The first-order valence-corrected chi connectivity index (χ1v) is 1.70. The second kappa shape index (κ2) is 1.50. The van der Waals surface area contributed by atoms with Crippen molar-refractivity contribution < 1.29 is 0 Å². The van der Waals surface area contributed by atoms with Crippen LogP contribution in [0.15, 0.2) is 12.4 Å². The van der Waals surface area contributed by atoms with E-state index < -0.39 is 0 Å². The van der Waals surface area contributed by atoms with Gasteiger partial charge in [0.25, 0.3) is 0 Å². The summed E-state index contributed by atoms with van der Waals surface area (Å²) in [4.78, 5) is 7.44. The Morgan fingerprint density at radius 1 is 0.833 bits per heavy atom. The first-order valence-electron chi connectivity index (χ1n) is 1.70. The van der Waals surface area contributed by atoms with Gasteiger partial charge in [0.05, 0.1) is 9.98 Å². The van der Waals surface area contributed by atoms with Gasteiger partial charge in [-0.05, 0) is 0 Å². The molecule has 0 N–H and O–H groups in total. The minimum atomic E-state index is 1.64. The third-order valence-electron chi connectivity index (χ3n) is 0.478. The van der Waals surface area contributed by atoms with Gasteiger partial charge in [0.15, 0.2) is 0 Å². The van der Waals surface area contributed by atoms with Crippen LogP contribution in [0.4, 0.5) is 0 Å². The van der Waals surface area contributed by atoms with Crippen LogP contribution in [0.2, 0.25) is 0 Å². The maximum absolute atomic E-state index is 3.72. The lowest BCUT2D eigenvalue weighted by Crippen LogP contribution is -1.95. The SMILES string of the molecule is C1=C[N+]=CC=[N+]1. The highest BCUT2D eigenvalue weighted by atomic mass is 14.8. The quantitative estimate of drug-likeness (QED) is 0.367. The molecule has 2 heteroatoms. The first-order chi connectivity index (χ1) is 3.00. The van der Waals surface area contributed by atoms with Crippen molar-refractivity contribution in [2.75, 3.05) is 0 Å². The lowest BCUT2D eigenvalue weighted by molar-refractivity contribution is 1.29. The standard InChI is InChI=1S/C4H4N2/c1-2-6-4-3-5-1/h1-4H/q+2.